The zero-order valence-electron chi connectivity index (χ0n) is 17.0. The summed E-state index contributed by atoms with van der Waals surface area (Å²) >= 11 is 5.67. The Hall–Kier alpha value is -3.22. The number of thiocarbonyl (C=S) groups is 1. The molecule has 2 aromatic carbocycles. The molecule has 1 aromatic heterocycles. The monoisotopic (exact) mass is 421 g/mol. The molecule has 0 spiro atoms. The lowest BCUT2D eigenvalue weighted by Crippen LogP contribution is -2.39. The van der Waals surface area contributed by atoms with E-state index in [1.165, 1.54) is 5.56 Å². The third-order valence-corrected chi connectivity index (χ3v) is 5.00. The SMILES string of the molecule is CCc1ccc(C(O)=C(C(=S)Nc2cccc(OC)c2)[n+]2cccc(CO)c2)cc1. The van der Waals surface area contributed by atoms with E-state index in [-0.39, 0.29) is 12.4 Å². The van der Waals surface area contributed by atoms with Crippen molar-refractivity contribution >= 4 is 34.3 Å². The summed E-state index contributed by atoms with van der Waals surface area (Å²) in [7, 11) is 1.60. The van der Waals surface area contributed by atoms with Crippen LogP contribution in [0.5, 0.6) is 5.75 Å². The first-order valence-corrected chi connectivity index (χ1v) is 10.1. The second-order valence-electron chi connectivity index (χ2n) is 6.71. The molecule has 0 saturated carbocycles. The molecule has 0 aliphatic heterocycles. The first-order valence-electron chi connectivity index (χ1n) is 9.65. The summed E-state index contributed by atoms with van der Waals surface area (Å²) in [5.41, 5.74) is 3.68. The number of rotatable bonds is 7. The van der Waals surface area contributed by atoms with E-state index in [1.54, 1.807) is 36.2 Å². The number of nitrogens with zero attached hydrogens (tertiary/aromatic N) is 1. The normalized spacial score (nSPS) is 11.6. The van der Waals surface area contributed by atoms with Gasteiger partial charge in [0.25, 0.3) is 5.70 Å². The molecule has 3 N–H and O–H groups in total. The van der Waals surface area contributed by atoms with E-state index >= 15 is 0 Å². The Morgan fingerprint density at radius 3 is 2.50 bits per heavy atom. The zero-order valence-corrected chi connectivity index (χ0v) is 17.8. The highest BCUT2D eigenvalue weighted by Gasteiger charge is 2.24. The van der Waals surface area contributed by atoms with Gasteiger partial charge in [-0.05, 0) is 30.2 Å². The van der Waals surface area contributed by atoms with Crippen molar-refractivity contribution in [3.8, 4) is 5.75 Å². The number of hydrogen-bond acceptors (Lipinski definition) is 4. The van der Waals surface area contributed by atoms with Crippen LogP contribution in [0.25, 0.3) is 11.5 Å². The minimum atomic E-state index is -0.115. The Kier molecular flexibility index (Phi) is 7.17. The lowest BCUT2D eigenvalue weighted by atomic mass is 10.1. The van der Waals surface area contributed by atoms with E-state index in [1.807, 2.05) is 48.5 Å². The molecule has 1 heterocycles. The maximum atomic E-state index is 11.2. The molecule has 0 amide bonds. The molecular weight excluding hydrogens is 396 g/mol. The molecule has 0 bridgehead atoms. The number of methoxy groups -OCH3 is 1. The van der Waals surface area contributed by atoms with E-state index in [0.717, 1.165) is 12.1 Å². The van der Waals surface area contributed by atoms with Crippen LogP contribution in [0.2, 0.25) is 0 Å². The number of nitrogens with one attached hydrogen (secondary N) is 1. The van der Waals surface area contributed by atoms with Gasteiger partial charge < -0.3 is 20.3 Å². The number of anilines is 1. The average molecular weight is 422 g/mol. The minimum Gasteiger partial charge on any atom is -0.502 e. The number of pyridine rings is 1. The second kappa shape index (κ2) is 10.0. The molecule has 154 valence electrons. The van der Waals surface area contributed by atoms with Crippen LogP contribution >= 0.6 is 12.2 Å². The third-order valence-electron chi connectivity index (χ3n) is 4.71. The topological polar surface area (TPSA) is 65.6 Å². The number of aliphatic hydroxyl groups is 2. The molecule has 0 aliphatic rings. The Morgan fingerprint density at radius 2 is 1.83 bits per heavy atom. The minimum absolute atomic E-state index is 0.0399. The first kappa shape index (κ1) is 21.5. The van der Waals surface area contributed by atoms with E-state index in [2.05, 4.69) is 12.2 Å². The van der Waals surface area contributed by atoms with Crippen LogP contribution in [0.3, 0.4) is 0 Å². The summed E-state index contributed by atoms with van der Waals surface area (Å²) in [6, 6.07) is 18.7. The quantitative estimate of drug-likeness (QED) is 0.229. The summed E-state index contributed by atoms with van der Waals surface area (Å²) in [4.78, 5) is 0.334. The number of hydrogen-bond donors (Lipinski definition) is 3. The van der Waals surface area contributed by atoms with Crippen molar-refractivity contribution in [2.75, 3.05) is 12.4 Å². The lowest BCUT2D eigenvalue weighted by molar-refractivity contribution is -0.576. The number of ether oxygens (including phenoxy) is 1. The highest BCUT2D eigenvalue weighted by atomic mass is 32.1. The summed E-state index contributed by atoms with van der Waals surface area (Å²) < 4.78 is 6.99. The molecule has 0 aliphatic carbocycles. The Morgan fingerprint density at radius 1 is 1.07 bits per heavy atom. The van der Waals surface area contributed by atoms with Gasteiger partial charge in [-0.1, -0.05) is 49.5 Å². The zero-order chi connectivity index (χ0) is 21.5. The molecule has 0 radical (unpaired) electrons. The molecule has 3 aromatic rings. The van der Waals surface area contributed by atoms with Crippen LogP contribution in [0.1, 0.15) is 23.6 Å². The van der Waals surface area contributed by atoms with Gasteiger partial charge in [0.1, 0.15) is 5.75 Å². The fourth-order valence-electron chi connectivity index (χ4n) is 3.03. The summed E-state index contributed by atoms with van der Waals surface area (Å²) in [5.74, 6) is 0.737. The summed E-state index contributed by atoms with van der Waals surface area (Å²) in [6.45, 7) is 1.97. The van der Waals surface area contributed by atoms with Gasteiger partial charge in [-0.15, -0.1) is 0 Å². The summed E-state index contributed by atoms with van der Waals surface area (Å²) in [6.07, 6.45) is 4.44. The molecule has 5 nitrogen and oxygen atoms in total. The summed E-state index contributed by atoms with van der Waals surface area (Å²) in [5, 5.41) is 23.9. The van der Waals surface area contributed by atoms with Crippen LogP contribution in [-0.2, 0) is 13.0 Å². The van der Waals surface area contributed by atoms with Crippen molar-refractivity contribution in [3.05, 3.63) is 89.7 Å². The van der Waals surface area contributed by atoms with Gasteiger partial charge in [0, 0.05) is 28.9 Å². The van der Waals surface area contributed by atoms with E-state index in [9.17, 15) is 10.2 Å². The Bertz CT molecular complexity index is 1060. The first-order chi connectivity index (χ1) is 14.5. The van der Waals surface area contributed by atoms with Crippen molar-refractivity contribution in [1.82, 2.24) is 0 Å². The van der Waals surface area contributed by atoms with Crippen molar-refractivity contribution < 1.29 is 19.5 Å². The number of benzene rings is 2. The fourth-order valence-corrected chi connectivity index (χ4v) is 3.35. The van der Waals surface area contributed by atoms with Gasteiger partial charge in [-0.2, -0.15) is 4.57 Å². The molecule has 6 heteroatoms. The number of aromatic nitrogens is 1. The maximum absolute atomic E-state index is 11.2. The Labute approximate surface area is 181 Å². The van der Waals surface area contributed by atoms with Crippen molar-refractivity contribution in [2.45, 2.75) is 20.0 Å². The highest BCUT2D eigenvalue weighted by molar-refractivity contribution is 7.81. The van der Waals surface area contributed by atoms with E-state index < -0.39 is 0 Å². The van der Waals surface area contributed by atoms with Gasteiger partial charge in [-0.25, -0.2) is 0 Å². The predicted octanol–water partition coefficient (Wildman–Crippen LogP) is 4.36. The van der Waals surface area contributed by atoms with Gasteiger partial charge in [0.15, 0.2) is 23.1 Å². The van der Waals surface area contributed by atoms with E-state index in [4.69, 9.17) is 17.0 Å². The molecular formula is C24H25N2O3S+. The fraction of sp³-hybridized carbons (Fsp3) is 0.167. The van der Waals surface area contributed by atoms with Crippen molar-refractivity contribution in [3.63, 3.8) is 0 Å². The molecule has 0 atom stereocenters. The predicted molar refractivity (Wildman–Crippen MR) is 123 cm³/mol. The van der Waals surface area contributed by atoms with Crippen LogP contribution in [-0.4, -0.2) is 22.3 Å². The van der Waals surface area contributed by atoms with Crippen LogP contribution in [0, 0.1) is 0 Å². The molecule has 3 rings (SSSR count). The lowest BCUT2D eigenvalue weighted by Gasteiger charge is -2.11. The third kappa shape index (κ3) is 5.03. The molecule has 0 fully saturated rings. The van der Waals surface area contributed by atoms with Gasteiger partial charge in [0.2, 0.25) is 0 Å². The van der Waals surface area contributed by atoms with Crippen LogP contribution in [0.4, 0.5) is 5.69 Å². The maximum Gasteiger partial charge on any atom is 0.288 e. The Balaban J connectivity index is 2.06. The van der Waals surface area contributed by atoms with Crippen molar-refractivity contribution in [1.29, 1.82) is 0 Å². The number of aliphatic hydroxyl groups excluding tert-OH is 2. The van der Waals surface area contributed by atoms with Gasteiger partial charge in [0.05, 0.1) is 13.7 Å². The standard InChI is InChI=1S/C24H24N2O3S/c1-3-17-9-11-19(12-10-17)23(28)22(26-13-5-6-18(15-26)16-27)24(30)25-20-7-4-8-21(14-20)29-2/h4-15,27H,3,16H2,1-2H3,(H-,25,28,30)/p+1. The largest absolute Gasteiger partial charge is 0.502 e. The van der Waals surface area contributed by atoms with Gasteiger partial charge >= 0.3 is 0 Å². The number of aryl methyl sites for hydroxylation is 1. The second-order valence-corrected chi connectivity index (χ2v) is 7.12. The van der Waals surface area contributed by atoms with E-state index in [0.29, 0.717) is 27.6 Å². The smallest absolute Gasteiger partial charge is 0.288 e. The van der Waals surface area contributed by atoms with Crippen molar-refractivity contribution in [2.24, 2.45) is 0 Å². The van der Waals surface area contributed by atoms with Crippen LogP contribution in [0.15, 0.2) is 73.1 Å². The molecule has 30 heavy (non-hydrogen) atoms. The molecule has 0 saturated heterocycles. The van der Waals surface area contributed by atoms with Gasteiger partial charge in [-0.3, -0.25) is 0 Å². The highest BCUT2D eigenvalue weighted by Crippen LogP contribution is 2.22. The average Bonchev–Trinajstić information content (AvgIpc) is 2.79. The molecule has 0 unspecified atom stereocenters. The van der Waals surface area contributed by atoms with Crippen LogP contribution < -0.4 is 14.6 Å².